The predicted octanol–water partition coefficient (Wildman–Crippen LogP) is 0.648. The van der Waals surface area contributed by atoms with E-state index in [1.54, 1.807) is 11.4 Å². The Morgan fingerprint density at radius 1 is 1.19 bits per heavy atom. The molecule has 1 aromatic carbocycles. The zero-order valence-electron chi connectivity index (χ0n) is 14.9. The summed E-state index contributed by atoms with van der Waals surface area (Å²) < 4.78 is 33.3. The number of benzene rings is 1. The third kappa shape index (κ3) is 4.75. The summed E-state index contributed by atoms with van der Waals surface area (Å²) >= 11 is 1.14. The topological polar surface area (TPSA) is 99.1 Å². The Hall–Kier alpha value is -1.33. The van der Waals surface area contributed by atoms with Crippen molar-refractivity contribution in [3.63, 3.8) is 0 Å². The molecule has 0 bridgehead atoms. The first-order valence-corrected chi connectivity index (χ1v) is 11.0. The van der Waals surface area contributed by atoms with E-state index in [2.05, 4.69) is 4.72 Å². The summed E-state index contributed by atoms with van der Waals surface area (Å²) in [6.07, 6.45) is -2.25. The van der Waals surface area contributed by atoms with Gasteiger partial charge in [0.25, 0.3) is 0 Å². The van der Waals surface area contributed by atoms with Gasteiger partial charge in [0, 0.05) is 13.1 Å². The van der Waals surface area contributed by atoms with Crippen LogP contribution in [0.4, 0.5) is 0 Å². The first kappa shape index (κ1) is 20.4. The second-order valence-corrected chi connectivity index (χ2v) is 9.50. The second-order valence-electron chi connectivity index (χ2n) is 6.56. The lowest BCUT2D eigenvalue weighted by atomic mass is 10.0. The number of aliphatic hydroxyl groups is 2. The molecule has 1 aliphatic rings. The Labute approximate surface area is 163 Å². The van der Waals surface area contributed by atoms with Crippen LogP contribution >= 0.6 is 11.3 Å². The average Bonchev–Trinajstić information content (AvgIpc) is 3.29. The summed E-state index contributed by atoms with van der Waals surface area (Å²) in [5.74, 6) is 0. The van der Waals surface area contributed by atoms with Gasteiger partial charge in [-0.05, 0) is 24.1 Å². The number of nitrogens with zero attached hydrogens (tertiary/aromatic N) is 1. The van der Waals surface area contributed by atoms with Crippen LogP contribution in [0.1, 0.15) is 5.56 Å². The van der Waals surface area contributed by atoms with Gasteiger partial charge < -0.3 is 14.9 Å². The molecule has 1 saturated heterocycles. The van der Waals surface area contributed by atoms with Crippen LogP contribution in [-0.4, -0.2) is 68.1 Å². The van der Waals surface area contributed by atoms with E-state index < -0.39 is 34.4 Å². The molecule has 4 atom stereocenters. The minimum atomic E-state index is -3.63. The molecule has 2 heterocycles. The van der Waals surface area contributed by atoms with Crippen molar-refractivity contribution >= 4 is 21.4 Å². The molecule has 3 rings (SSSR count). The van der Waals surface area contributed by atoms with Crippen LogP contribution in [0.5, 0.6) is 0 Å². The van der Waals surface area contributed by atoms with Crippen molar-refractivity contribution < 1.29 is 23.4 Å². The van der Waals surface area contributed by atoms with Gasteiger partial charge in [0.05, 0.1) is 18.8 Å². The Bertz CT molecular complexity index is 814. The molecule has 0 aliphatic carbocycles. The highest BCUT2D eigenvalue weighted by atomic mass is 32.2. The fourth-order valence-corrected chi connectivity index (χ4v) is 5.43. The number of sulfonamides is 1. The highest BCUT2D eigenvalue weighted by molar-refractivity contribution is 7.91. The summed E-state index contributed by atoms with van der Waals surface area (Å²) in [5.41, 5.74) is 1.07. The van der Waals surface area contributed by atoms with Gasteiger partial charge in [-0.2, -0.15) is 0 Å². The highest BCUT2D eigenvalue weighted by Crippen LogP contribution is 2.26. The van der Waals surface area contributed by atoms with Crippen LogP contribution in [0.3, 0.4) is 0 Å². The fraction of sp³-hybridized carbons (Fsp3) is 0.444. The van der Waals surface area contributed by atoms with E-state index in [1.807, 2.05) is 42.3 Å². The fourth-order valence-electron chi connectivity index (χ4n) is 3.35. The van der Waals surface area contributed by atoms with E-state index in [4.69, 9.17) is 4.74 Å². The average molecular weight is 413 g/mol. The molecule has 0 unspecified atom stereocenters. The van der Waals surface area contributed by atoms with E-state index in [9.17, 15) is 18.6 Å². The SMILES string of the molecule is CN(Cc1ccccc1)[C@H]1[C@H](O)[C@H](CO)O[C@@H]1CNS(=O)(=O)c1cccs1. The van der Waals surface area contributed by atoms with Gasteiger partial charge in [-0.1, -0.05) is 36.4 Å². The quantitative estimate of drug-likeness (QED) is 0.589. The van der Waals surface area contributed by atoms with Crippen LogP contribution < -0.4 is 4.72 Å². The van der Waals surface area contributed by atoms with Crippen molar-refractivity contribution in [2.24, 2.45) is 0 Å². The molecule has 3 N–H and O–H groups in total. The van der Waals surface area contributed by atoms with Gasteiger partial charge in [-0.3, -0.25) is 4.90 Å². The lowest BCUT2D eigenvalue weighted by Crippen LogP contribution is -2.49. The van der Waals surface area contributed by atoms with Crippen molar-refractivity contribution in [2.45, 2.75) is 35.1 Å². The van der Waals surface area contributed by atoms with Crippen LogP contribution in [0.2, 0.25) is 0 Å². The van der Waals surface area contributed by atoms with Crippen LogP contribution in [0, 0.1) is 0 Å². The molecule has 9 heteroatoms. The number of ether oxygens (including phenoxy) is 1. The molecule has 0 spiro atoms. The van der Waals surface area contributed by atoms with Crippen LogP contribution in [-0.2, 0) is 21.3 Å². The van der Waals surface area contributed by atoms with Gasteiger partial charge >= 0.3 is 0 Å². The normalized spacial score (nSPS) is 25.9. The van der Waals surface area contributed by atoms with Gasteiger partial charge in [0.1, 0.15) is 16.4 Å². The van der Waals surface area contributed by atoms with Gasteiger partial charge in [0.2, 0.25) is 10.0 Å². The molecule has 1 aromatic heterocycles. The van der Waals surface area contributed by atoms with Crippen molar-refractivity contribution in [1.29, 1.82) is 0 Å². The van der Waals surface area contributed by atoms with Gasteiger partial charge in [-0.25, -0.2) is 13.1 Å². The molecule has 0 saturated carbocycles. The molecule has 7 nitrogen and oxygen atoms in total. The number of thiophene rings is 1. The van der Waals surface area contributed by atoms with E-state index in [1.165, 1.54) is 6.07 Å². The lowest BCUT2D eigenvalue weighted by molar-refractivity contribution is -0.0201. The summed E-state index contributed by atoms with van der Waals surface area (Å²) in [5, 5.41) is 21.8. The summed E-state index contributed by atoms with van der Waals surface area (Å²) in [4.78, 5) is 1.93. The molecule has 0 amide bonds. The third-order valence-corrected chi connectivity index (χ3v) is 7.48. The number of hydrogen-bond acceptors (Lipinski definition) is 7. The molecular weight excluding hydrogens is 388 g/mol. The minimum Gasteiger partial charge on any atom is -0.394 e. The smallest absolute Gasteiger partial charge is 0.250 e. The molecule has 27 heavy (non-hydrogen) atoms. The second kappa shape index (κ2) is 8.78. The van der Waals surface area contributed by atoms with E-state index in [-0.39, 0.29) is 17.4 Å². The Kier molecular flexibility index (Phi) is 6.64. The maximum Gasteiger partial charge on any atom is 0.250 e. The standard InChI is InChI=1S/C18H24N2O5S2/c1-20(11-13-6-3-2-4-7-13)17-14(25-15(12-21)18(17)22)10-19-27(23,24)16-8-5-9-26-16/h2-9,14-15,17-19,21-22H,10-12H2,1H3/t14-,15+,17-,18-/m1/s1. The van der Waals surface area contributed by atoms with E-state index in [0.29, 0.717) is 6.54 Å². The Morgan fingerprint density at radius 2 is 1.93 bits per heavy atom. The summed E-state index contributed by atoms with van der Waals surface area (Å²) in [6.45, 7) is 0.251. The maximum absolute atomic E-state index is 12.4. The molecule has 2 aromatic rings. The van der Waals surface area contributed by atoms with E-state index in [0.717, 1.165) is 16.9 Å². The molecule has 0 radical (unpaired) electrons. The number of nitrogens with one attached hydrogen (secondary N) is 1. The lowest BCUT2D eigenvalue weighted by Gasteiger charge is -2.30. The van der Waals surface area contributed by atoms with Gasteiger partial charge in [-0.15, -0.1) is 11.3 Å². The van der Waals surface area contributed by atoms with Crippen molar-refractivity contribution in [3.05, 3.63) is 53.4 Å². The van der Waals surface area contributed by atoms with Crippen molar-refractivity contribution in [2.75, 3.05) is 20.2 Å². The first-order chi connectivity index (χ1) is 12.9. The summed E-state index contributed by atoms with van der Waals surface area (Å²) in [6, 6.07) is 12.5. The Morgan fingerprint density at radius 3 is 2.56 bits per heavy atom. The van der Waals surface area contributed by atoms with E-state index >= 15 is 0 Å². The zero-order chi connectivity index (χ0) is 19.4. The van der Waals surface area contributed by atoms with Crippen molar-refractivity contribution in [3.8, 4) is 0 Å². The number of rotatable bonds is 8. The minimum absolute atomic E-state index is 0.0115. The summed E-state index contributed by atoms with van der Waals surface area (Å²) in [7, 11) is -1.78. The first-order valence-electron chi connectivity index (χ1n) is 8.64. The predicted molar refractivity (Wildman–Crippen MR) is 103 cm³/mol. The monoisotopic (exact) mass is 412 g/mol. The van der Waals surface area contributed by atoms with Crippen LogP contribution in [0.25, 0.3) is 0 Å². The molecule has 1 fully saturated rings. The highest BCUT2D eigenvalue weighted by Gasteiger charge is 2.45. The molecular formula is C18H24N2O5S2. The molecule has 148 valence electrons. The zero-order valence-corrected chi connectivity index (χ0v) is 16.6. The number of hydrogen-bond donors (Lipinski definition) is 3. The Balaban J connectivity index is 1.71. The maximum atomic E-state index is 12.4. The largest absolute Gasteiger partial charge is 0.394 e. The number of aliphatic hydroxyl groups excluding tert-OH is 2. The van der Waals surface area contributed by atoms with Crippen molar-refractivity contribution in [1.82, 2.24) is 9.62 Å². The third-order valence-electron chi connectivity index (χ3n) is 4.66. The van der Waals surface area contributed by atoms with Gasteiger partial charge in [0.15, 0.2) is 0 Å². The number of likely N-dealkylation sites (N-methyl/N-ethyl adjacent to an activating group) is 1. The molecule has 1 aliphatic heterocycles. The van der Waals surface area contributed by atoms with Crippen LogP contribution in [0.15, 0.2) is 52.1 Å².